The number of allylic oxidation sites excluding steroid dienone is 1. The van der Waals surface area contributed by atoms with Crippen molar-refractivity contribution in [2.24, 2.45) is 5.73 Å². The van der Waals surface area contributed by atoms with Gasteiger partial charge in [0.2, 0.25) is 0 Å². The van der Waals surface area contributed by atoms with Crippen molar-refractivity contribution < 1.29 is 17.6 Å². The molecule has 100 valence electrons. The Morgan fingerprint density at radius 2 is 2.00 bits per heavy atom. The maximum Gasteiger partial charge on any atom is 0.416 e. The van der Waals surface area contributed by atoms with Gasteiger partial charge in [-0.05, 0) is 37.5 Å². The maximum atomic E-state index is 13.4. The first-order chi connectivity index (χ1) is 8.36. The molecule has 18 heavy (non-hydrogen) atoms. The highest BCUT2D eigenvalue weighted by atomic mass is 19.4. The number of benzene rings is 1. The zero-order chi connectivity index (χ0) is 13.8. The SMILES string of the molecule is C=CCCCC(N)c1cc(C(F)(F)F)ccc1F. The number of hydrogen-bond donors (Lipinski definition) is 1. The lowest BCUT2D eigenvalue weighted by Gasteiger charge is -2.15. The van der Waals surface area contributed by atoms with Gasteiger partial charge in [-0.3, -0.25) is 0 Å². The molecule has 0 saturated heterocycles. The van der Waals surface area contributed by atoms with Gasteiger partial charge in [0, 0.05) is 11.6 Å². The quantitative estimate of drug-likeness (QED) is 0.480. The van der Waals surface area contributed by atoms with Crippen LogP contribution in [0.1, 0.15) is 36.4 Å². The summed E-state index contributed by atoms with van der Waals surface area (Å²) < 4.78 is 50.9. The Labute approximate surface area is 103 Å². The molecule has 0 saturated carbocycles. The third-order valence-electron chi connectivity index (χ3n) is 2.65. The summed E-state index contributed by atoms with van der Waals surface area (Å²) in [5.74, 6) is -0.700. The minimum Gasteiger partial charge on any atom is -0.324 e. The number of alkyl halides is 3. The van der Waals surface area contributed by atoms with Crippen molar-refractivity contribution in [3.05, 3.63) is 47.8 Å². The molecule has 5 heteroatoms. The van der Waals surface area contributed by atoms with Gasteiger partial charge in [0.1, 0.15) is 5.82 Å². The lowest BCUT2D eigenvalue weighted by Crippen LogP contribution is -2.14. The molecule has 0 fully saturated rings. The molecule has 0 aromatic heterocycles. The molecule has 0 radical (unpaired) electrons. The topological polar surface area (TPSA) is 26.0 Å². The summed E-state index contributed by atoms with van der Waals surface area (Å²) >= 11 is 0. The standard InChI is InChI=1S/C13H15F4N/c1-2-3-4-5-12(18)10-8-9(13(15,16)17)6-7-11(10)14/h2,6-8,12H,1,3-5,18H2. The molecule has 1 aromatic carbocycles. The normalized spacial score (nSPS) is 13.4. The van der Waals surface area contributed by atoms with Crippen molar-refractivity contribution >= 4 is 0 Å². The molecule has 1 unspecified atom stereocenters. The third-order valence-corrected chi connectivity index (χ3v) is 2.65. The van der Waals surface area contributed by atoms with Crippen LogP contribution in [0.5, 0.6) is 0 Å². The van der Waals surface area contributed by atoms with Crippen molar-refractivity contribution in [2.75, 3.05) is 0 Å². The second kappa shape index (κ2) is 6.00. The van der Waals surface area contributed by atoms with Gasteiger partial charge in [-0.1, -0.05) is 6.08 Å². The summed E-state index contributed by atoms with van der Waals surface area (Å²) in [5.41, 5.74) is 4.74. The van der Waals surface area contributed by atoms with Gasteiger partial charge in [-0.25, -0.2) is 4.39 Å². The smallest absolute Gasteiger partial charge is 0.324 e. The van der Waals surface area contributed by atoms with Crippen LogP contribution in [-0.4, -0.2) is 0 Å². The van der Waals surface area contributed by atoms with Crippen LogP contribution in [-0.2, 0) is 6.18 Å². The van der Waals surface area contributed by atoms with E-state index in [0.717, 1.165) is 18.2 Å². The largest absolute Gasteiger partial charge is 0.416 e. The third kappa shape index (κ3) is 3.84. The van der Waals surface area contributed by atoms with Crippen LogP contribution in [0.4, 0.5) is 17.6 Å². The van der Waals surface area contributed by atoms with E-state index >= 15 is 0 Å². The van der Waals surface area contributed by atoms with Gasteiger partial charge >= 0.3 is 6.18 Å². The Kier molecular flexibility index (Phi) is 4.90. The molecule has 1 atom stereocenters. The lowest BCUT2D eigenvalue weighted by molar-refractivity contribution is -0.137. The minimum absolute atomic E-state index is 0.0890. The van der Waals surface area contributed by atoms with E-state index in [0.29, 0.717) is 19.3 Å². The van der Waals surface area contributed by atoms with Crippen molar-refractivity contribution in [3.8, 4) is 0 Å². The molecule has 0 aliphatic carbocycles. The summed E-state index contributed by atoms with van der Waals surface area (Å²) in [6.45, 7) is 3.53. The molecule has 0 bridgehead atoms. The van der Waals surface area contributed by atoms with Crippen LogP contribution in [0.25, 0.3) is 0 Å². The molecule has 0 heterocycles. The molecule has 0 spiro atoms. The Bertz CT molecular complexity index is 412. The molecule has 2 N–H and O–H groups in total. The first-order valence-electron chi connectivity index (χ1n) is 5.59. The first kappa shape index (κ1) is 14.7. The number of hydrogen-bond acceptors (Lipinski definition) is 1. The van der Waals surface area contributed by atoms with Gasteiger partial charge < -0.3 is 5.73 Å². The highest BCUT2D eigenvalue weighted by Crippen LogP contribution is 2.32. The van der Waals surface area contributed by atoms with Crippen molar-refractivity contribution in [1.29, 1.82) is 0 Å². The summed E-state index contributed by atoms with van der Waals surface area (Å²) in [4.78, 5) is 0. The van der Waals surface area contributed by atoms with E-state index in [9.17, 15) is 17.6 Å². The fourth-order valence-corrected chi connectivity index (χ4v) is 1.64. The van der Waals surface area contributed by atoms with Crippen LogP contribution < -0.4 is 5.73 Å². The van der Waals surface area contributed by atoms with Crippen LogP contribution in [0.3, 0.4) is 0 Å². The molecule has 1 nitrogen and oxygen atoms in total. The van der Waals surface area contributed by atoms with Gasteiger partial charge in [0.25, 0.3) is 0 Å². The average Bonchev–Trinajstić information content (AvgIpc) is 2.28. The second-order valence-electron chi connectivity index (χ2n) is 4.06. The first-order valence-corrected chi connectivity index (χ1v) is 5.59. The Morgan fingerprint density at radius 3 is 2.56 bits per heavy atom. The van der Waals surface area contributed by atoms with Crippen molar-refractivity contribution in [3.63, 3.8) is 0 Å². The van der Waals surface area contributed by atoms with Gasteiger partial charge in [0.15, 0.2) is 0 Å². The average molecular weight is 261 g/mol. The minimum atomic E-state index is -4.48. The van der Waals surface area contributed by atoms with Crippen molar-refractivity contribution in [2.45, 2.75) is 31.5 Å². The summed E-state index contributed by atoms with van der Waals surface area (Å²) in [6.07, 6.45) is -1.00. The van der Waals surface area contributed by atoms with Crippen LogP contribution in [0, 0.1) is 5.82 Å². The van der Waals surface area contributed by atoms with E-state index in [1.807, 2.05) is 0 Å². The number of unbranched alkanes of at least 4 members (excludes halogenated alkanes) is 1. The molecule has 1 aromatic rings. The van der Waals surface area contributed by atoms with E-state index in [-0.39, 0.29) is 5.56 Å². The van der Waals surface area contributed by atoms with E-state index in [1.54, 1.807) is 6.08 Å². The fourth-order valence-electron chi connectivity index (χ4n) is 1.64. The second-order valence-corrected chi connectivity index (χ2v) is 4.06. The van der Waals surface area contributed by atoms with Gasteiger partial charge in [0.05, 0.1) is 5.56 Å². The van der Waals surface area contributed by atoms with Crippen LogP contribution >= 0.6 is 0 Å². The van der Waals surface area contributed by atoms with E-state index in [4.69, 9.17) is 5.73 Å². The van der Waals surface area contributed by atoms with Crippen LogP contribution in [0.15, 0.2) is 30.9 Å². The molecule has 0 amide bonds. The van der Waals surface area contributed by atoms with Crippen LogP contribution in [0.2, 0.25) is 0 Å². The highest BCUT2D eigenvalue weighted by Gasteiger charge is 2.31. The van der Waals surface area contributed by atoms with Gasteiger partial charge in [-0.2, -0.15) is 13.2 Å². The van der Waals surface area contributed by atoms with E-state index in [2.05, 4.69) is 6.58 Å². The summed E-state index contributed by atoms with van der Waals surface area (Å²) in [5, 5.41) is 0. The summed E-state index contributed by atoms with van der Waals surface area (Å²) in [6, 6.07) is 1.58. The summed E-state index contributed by atoms with van der Waals surface area (Å²) in [7, 11) is 0. The fraction of sp³-hybridized carbons (Fsp3) is 0.385. The number of nitrogens with two attached hydrogens (primary N) is 1. The highest BCUT2D eigenvalue weighted by molar-refractivity contribution is 5.29. The van der Waals surface area contributed by atoms with E-state index < -0.39 is 23.6 Å². The Hall–Kier alpha value is -1.36. The Morgan fingerprint density at radius 1 is 1.33 bits per heavy atom. The number of rotatable bonds is 5. The molecule has 0 aliphatic heterocycles. The zero-order valence-corrected chi connectivity index (χ0v) is 9.80. The van der Waals surface area contributed by atoms with Gasteiger partial charge in [-0.15, -0.1) is 6.58 Å². The van der Waals surface area contributed by atoms with Crippen molar-refractivity contribution in [1.82, 2.24) is 0 Å². The Balaban J connectivity index is 2.89. The molecular weight excluding hydrogens is 246 g/mol. The zero-order valence-electron chi connectivity index (χ0n) is 9.80. The predicted molar refractivity (Wildman–Crippen MR) is 62.4 cm³/mol. The number of halogens is 4. The molecular formula is C13H15F4N. The van der Waals surface area contributed by atoms with E-state index in [1.165, 1.54) is 0 Å². The monoisotopic (exact) mass is 261 g/mol. The molecule has 1 rings (SSSR count). The molecule has 0 aliphatic rings. The predicted octanol–water partition coefficient (Wildman–Crippen LogP) is 4.20. The lowest BCUT2D eigenvalue weighted by atomic mass is 9.99. The maximum absolute atomic E-state index is 13.4.